The number of nitrogens with zero attached hydrogens (tertiary/aromatic N) is 1. The first-order valence-corrected chi connectivity index (χ1v) is 6.16. The molecule has 0 radical (unpaired) electrons. The molecule has 5 heteroatoms. The highest BCUT2D eigenvalue weighted by molar-refractivity contribution is 7.85. The minimum atomic E-state index is -4.04. The van der Waals surface area contributed by atoms with Gasteiger partial charge in [0.2, 0.25) is 0 Å². The highest BCUT2D eigenvalue weighted by atomic mass is 32.2. The molecule has 16 heavy (non-hydrogen) atoms. The highest BCUT2D eigenvalue weighted by Gasteiger charge is 1.88. The van der Waals surface area contributed by atoms with Crippen LogP contribution in [0.25, 0.3) is 0 Å². The molecule has 0 spiro atoms. The van der Waals surface area contributed by atoms with Crippen molar-refractivity contribution in [1.82, 2.24) is 0 Å². The zero-order valence-corrected chi connectivity index (χ0v) is 9.77. The van der Waals surface area contributed by atoms with Gasteiger partial charge in [-0.3, -0.25) is 0 Å². The Morgan fingerprint density at radius 2 is 1.69 bits per heavy atom. The largest absolute Gasteiger partial charge is 0.748 e. The van der Waals surface area contributed by atoms with E-state index in [2.05, 4.69) is 17.7 Å². The molecule has 0 aliphatic carbocycles. The maximum Gasteiger partial charge on any atom is 0.169 e. The third-order valence-electron chi connectivity index (χ3n) is 1.44. The highest BCUT2D eigenvalue weighted by Crippen LogP contribution is 1.78. The van der Waals surface area contributed by atoms with Gasteiger partial charge in [-0.2, -0.15) is 0 Å². The Bertz CT molecular complexity index is 412. The van der Waals surface area contributed by atoms with Crippen molar-refractivity contribution in [2.24, 2.45) is 0 Å². The van der Waals surface area contributed by atoms with Gasteiger partial charge in [0.25, 0.3) is 0 Å². The molecule has 0 aromatic carbocycles. The van der Waals surface area contributed by atoms with E-state index in [1.165, 1.54) is 0 Å². The van der Waals surface area contributed by atoms with Gasteiger partial charge < -0.3 is 4.55 Å². The van der Waals surface area contributed by atoms with Gasteiger partial charge in [-0.25, -0.2) is 13.0 Å². The van der Waals surface area contributed by atoms with Gasteiger partial charge >= 0.3 is 0 Å². The molecule has 0 aliphatic heterocycles. The maximum absolute atomic E-state index is 9.60. The quantitative estimate of drug-likeness (QED) is 0.446. The molecule has 1 rings (SSSR count). The van der Waals surface area contributed by atoms with Gasteiger partial charge in [-0.1, -0.05) is 18.7 Å². The lowest BCUT2D eigenvalue weighted by Gasteiger charge is -1.98. The molecule has 88 valence electrons. The number of rotatable bonds is 4. The minimum absolute atomic E-state index is 0.479. The molecule has 0 fully saturated rings. The van der Waals surface area contributed by atoms with E-state index in [-0.39, 0.29) is 0 Å². The molecule has 0 bridgehead atoms. The zero-order valence-electron chi connectivity index (χ0n) is 8.95. The van der Waals surface area contributed by atoms with Crippen molar-refractivity contribution in [3.63, 3.8) is 0 Å². The van der Waals surface area contributed by atoms with Gasteiger partial charge in [0, 0.05) is 12.1 Å². The first-order valence-electron chi connectivity index (χ1n) is 4.59. The monoisotopic (exact) mass is 241 g/mol. The van der Waals surface area contributed by atoms with E-state index in [4.69, 9.17) is 0 Å². The lowest BCUT2D eigenvalue weighted by Crippen LogP contribution is -2.30. The van der Waals surface area contributed by atoms with Crippen LogP contribution in [0.1, 0.15) is 0 Å². The molecule has 1 aromatic heterocycles. The number of hydrogen-bond donors (Lipinski definition) is 0. The SMILES string of the molecule is C=CCS(=O)(=O)[O-].C=CC[n+]1ccccc1. The number of aromatic nitrogens is 1. The summed E-state index contributed by atoms with van der Waals surface area (Å²) in [5.74, 6) is -0.479. The van der Waals surface area contributed by atoms with Gasteiger partial charge in [0.15, 0.2) is 18.9 Å². The standard InChI is InChI=1S/C8H10N.C3H6O3S/c1-2-6-9-7-4-3-5-8-9;1-2-3-7(4,5)6/h2-5,7-8H,1,6H2;2H,1,3H2,(H,4,5,6)/q+1;/p-1. The summed E-state index contributed by atoms with van der Waals surface area (Å²) in [5.41, 5.74) is 0. The second-order valence-electron chi connectivity index (χ2n) is 2.87. The molecule has 0 amide bonds. The van der Waals surface area contributed by atoms with Crippen LogP contribution in [0.4, 0.5) is 0 Å². The summed E-state index contributed by atoms with van der Waals surface area (Å²) in [6.07, 6.45) is 6.96. The zero-order chi connectivity index (χ0) is 12.4. The van der Waals surface area contributed by atoms with E-state index in [1.54, 1.807) is 0 Å². The maximum atomic E-state index is 9.60. The molecule has 0 atom stereocenters. The predicted molar refractivity (Wildman–Crippen MR) is 61.6 cm³/mol. The summed E-state index contributed by atoms with van der Waals surface area (Å²) < 4.78 is 30.9. The van der Waals surface area contributed by atoms with Crippen LogP contribution >= 0.6 is 0 Å². The molecule has 1 aromatic rings. The van der Waals surface area contributed by atoms with E-state index >= 15 is 0 Å². The van der Waals surface area contributed by atoms with Crippen LogP contribution in [0.2, 0.25) is 0 Å². The van der Waals surface area contributed by atoms with Crippen LogP contribution in [0, 0.1) is 0 Å². The van der Waals surface area contributed by atoms with Gasteiger partial charge in [-0.05, 0) is 6.08 Å². The number of pyridine rings is 1. The van der Waals surface area contributed by atoms with Crippen LogP contribution in [0.15, 0.2) is 55.9 Å². The van der Waals surface area contributed by atoms with Gasteiger partial charge in [-0.15, -0.1) is 6.58 Å². The van der Waals surface area contributed by atoms with Crippen LogP contribution in [-0.4, -0.2) is 18.7 Å². The fraction of sp³-hybridized carbons (Fsp3) is 0.182. The van der Waals surface area contributed by atoms with Crippen molar-refractivity contribution in [2.45, 2.75) is 6.54 Å². The summed E-state index contributed by atoms with van der Waals surface area (Å²) in [4.78, 5) is 0. The Hall–Kier alpha value is -1.46. The number of allylic oxidation sites excluding steroid dienone is 1. The Balaban J connectivity index is 0.000000293. The third kappa shape index (κ3) is 9.11. The Kier molecular flexibility index (Phi) is 7.07. The smallest absolute Gasteiger partial charge is 0.169 e. The molecule has 0 unspecified atom stereocenters. The van der Waals surface area contributed by atoms with Crippen molar-refractivity contribution in [1.29, 1.82) is 0 Å². The summed E-state index contributed by atoms with van der Waals surface area (Å²) in [6.45, 7) is 7.59. The Morgan fingerprint density at radius 1 is 1.12 bits per heavy atom. The average Bonchev–Trinajstić information content (AvgIpc) is 2.19. The second-order valence-corrected chi connectivity index (χ2v) is 4.32. The molecular weight excluding hydrogens is 226 g/mol. The van der Waals surface area contributed by atoms with Crippen molar-refractivity contribution in [3.05, 3.63) is 55.9 Å². The van der Waals surface area contributed by atoms with Crippen LogP contribution in [0.5, 0.6) is 0 Å². The van der Waals surface area contributed by atoms with E-state index in [0.29, 0.717) is 0 Å². The molecule has 0 saturated heterocycles. The third-order valence-corrected chi connectivity index (χ3v) is 2.08. The van der Waals surface area contributed by atoms with E-state index in [0.717, 1.165) is 12.6 Å². The summed E-state index contributed by atoms with van der Waals surface area (Å²) in [7, 11) is -4.04. The van der Waals surface area contributed by atoms with E-state index in [1.807, 2.05) is 36.7 Å². The Morgan fingerprint density at radius 3 is 2.00 bits per heavy atom. The lowest BCUT2D eigenvalue weighted by atomic mass is 10.5. The normalized spacial score (nSPS) is 9.81. The van der Waals surface area contributed by atoms with Gasteiger partial charge in [0.1, 0.15) is 0 Å². The minimum Gasteiger partial charge on any atom is -0.748 e. The number of hydrogen-bond acceptors (Lipinski definition) is 3. The van der Waals surface area contributed by atoms with Crippen molar-refractivity contribution in [3.8, 4) is 0 Å². The van der Waals surface area contributed by atoms with E-state index < -0.39 is 15.9 Å². The predicted octanol–water partition coefficient (Wildman–Crippen LogP) is 0.878. The summed E-state index contributed by atoms with van der Waals surface area (Å²) in [5, 5.41) is 0. The lowest BCUT2D eigenvalue weighted by molar-refractivity contribution is -0.687. The molecular formula is C11H15NO3S. The van der Waals surface area contributed by atoms with Crippen molar-refractivity contribution < 1.29 is 17.5 Å². The molecule has 4 nitrogen and oxygen atoms in total. The molecule has 0 saturated carbocycles. The Labute approximate surface area is 96.3 Å². The summed E-state index contributed by atoms with van der Waals surface area (Å²) in [6, 6.07) is 6.01. The van der Waals surface area contributed by atoms with Crippen molar-refractivity contribution >= 4 is 10.1 Å². The topological polar surface area (TPSA) is 61.1 Å². The molecule has 0 N–H and O–H groups in total. The van der Waals surface area contributed by atoms with Crippen LogP contribution in [0.3, 0.4) is 0 Å². The van der Waals surface area contributed by atoms with Crippen LogP contribution < -0.4 is 4.57 Å². The fourth-order valence-corrected chi connectivity index (χ4v) is 1.14. The van der Waals surface area contributed by atoms with Crippen molar-refractivity contribution in [2.75, 3.05) is 5.75 Å². The van der Waals surface area contributed by atoms with Crippen LogP contribution in [-0.2, 0) is 16.7 Å². The average molecular weight is 241 g/mol. The fourth-order valence-electron chi connectivity index (χ4n) is 0.849. The van der Waals surface area contributed by atoms with Gasteiger partial charge in [0.05, 0.1) is 15.9 Å². The first kappa shape index (κ1) is 14.5. The second kappa shape index (κ2) is 7.78. The van der Waals surface area contributed by atoms with E-state index in [9.17, 15) is 13.0 Å². The summed E-state index contributed by atoms with van der Waals surface area (Å²) >= 11 is 0. The molecule has 1 heterocycles. The molecule has 0 aliphatic rings. The first-order chi connectivity index (χ1) is 7.49.